The van der Waals surface area contributed by atoms with Gasteiger partial charge in [0.1, 0.15) is 11.9 Å². The molecule has 2 amide bonds. The number of aromatic nitrogens is 1. The van der Waals surface area contributed by atoms with Crippen molar-refractivity contribution in [2.45, 2.75) is 32.1 Å². The first-order valence-electron chi connectivity index (χ1n) is 11.4. The summed E-state index contributed by atoms with van der Waals surface area (Å²) >= 11 is 1.31. The Hall–Kier alpha value is -3.72. The number of pyridine rings is 1. The largest absolute Gasteiger partial charge is 0.457 e. The first kappa shape index (κ1) is 24.4. The second-order valence-electron chi connectivity index (χ2n) is 7.91. The Kier molecular flexibility index (Phi) is 7.77. The Bertz CT molecular complexity index is 1280. The maximum absolute atomic E-state index is 12.6. The first-order valence-corrected chi connectivity index (χ1v) is 12.3. The minimum absolute atomic E-state index is 0.000520. The molecule has 0 radical (unpaired) electrons. The predicted octanol–water partition coefficient (Wildman–Crippen LogP) is 4.26. The Morgan fingerprint density at radius 2 is 1.86 bits per heavy atom. The summed E-state index contributed by atoms with van der Waals surface area (Å²) in [6, 6.07) is 16.1. The lowest BCUT2D eigenvalue weighted by molar-refractivity contribution is -0.121. The fraction of sp³-hybridized carbons (Fsp3) is 0.269. The number of aliphatic imine (C=N–C) groups is 1. The molecule has 2 heterocycles. The van der Waals surface area contributed by atoms with E-state index >= 15 is 0 Å². The Balaban J connectivity index is 1.34. The highest BCUT2D eigenvalue weighted by Gasteiger charge is 2.32. The van der Waals surface area contributed by atoms with Crippen LogP contribution in [0.2, 0.25) is 0 Å². The van der Waals surface area contributed by atoms with Gasteiger partial charge in [0.05, 0.1) is 11.1 Å². The van der Waals surface area contributed by atoms with Gasteiger partial charge in [0, 0.05) is 42.3 Å². The fourth-order valence-corrected chi connectivity index (χ4v) is 4.95. The molecular formula is C26H26N4O4S. The number of amidine groups is 1. The van der Waals surface area contributed by atoms with E-state index in [-0.39, 0.29) is 24.8 Å². The van der Waals surface area contributed by atoms with Gasteiger partial charge in [0.25, 0.3) is 5.91 Å². The number of fused-ring (bicyclic) bond motifs is 1. The molecular weight excluding hydrogens is 464 g/mol. The Morgan fingerprint density at radius 1 is 1.09 bits per heavy atom. The normalized spacial score (nSPS) is 15.1. The van der Waals surface area contributed by atoms with Crippen molar-refractivity contribution in [3.05, 3.63) is 71.9 Å². The highest BCUT2D eigenvalue weighted by Crippen LogP contribution is 2.27. The second kappa shape index (κ2) is 11.1. The van der Waals surface area contributed by atoms with E-state index in [1.807, 2.05) is 49.1 Å². The number of thioether (sulfide) groups is 1. The molecule has 1 aliphatic rings. The molecule has 35 heavy (non-hydrogen) atoms. The number of benzene rings is 2. The van der Waals surface area contributed by atoms with Crippen LogP contribution < -0.4 is 5.32 Å². The lowest BCUT2D eigenvalue weighted by Crippen LogP contribution is -2.27. The van der Waals surface area contributed by atoms with E-state index in [0.717, 1.165) is 29.6 Å². The number of nitrogens with one attached hydrogen (secondary N) is 1. The van der Waals surface area contributed by atoms with Crippen LogP contribution in [0, 0.1) is 0 Å². The molecule has 180 valence electrons. The number of amides is 2. The molecule has 2 aromatic carbocycles. The van der Waals surface area contributed by atoms with Crippen molar-refractivity contribution < 1.29 is 19.1 Å². The highest BCUT2D eigenvalue weighted by atomic mass is 32.2. The van der Waals surface area contributed by atoms with Crippen LogP contribution in [-0.4, -0.2) is 51.2 Å². The molecule has 4 rings (SSSR count). The van der Waals surface area contributed by atoms with Gasteiger partial charge in [-0.2, -0.15) is 4.99 Å². The highest BCUT2D eigenvalue weighted by molar-refractivity contribution is 8.15. The van der Waals surface area contributed by atoms with Crippen LogP contribution in [0.25, 0.3) is 10.9 Å². The summed E-state index contributed by atoms with van der Waals surface area (Å²) in [6.45, 7) is 5.56. The Morgan fingerprint density at radius 3 is 2.66 bits per heavy atom. The van der Waals surface area contributed by atoms with E-state index in [4.69, 9.17) is 4.74 Å². The summed E-state index contributed by atoms with van der Waals surface area (Å²) < 4.78 is 5.50. The van der Waals surface area contributed by atoms with Crippen LogP contribution in [0.15, 0.2) is 65.8 Å². The van der Waals surface area contributed by atoms with Crippen LogP contribution in [0.4, 0.5) is 5.69 Å². The zero-order chi connectivity index (χ0) is 24.8. The number of carbonyl (C=O) groups excluding carboxylic acids is 3. The predicted molar refractivity (Wildman–Crippen MR) is 137 cm³/mol. The molecule has 1 unspecified atom stereocenters. The Labute approximate surface area is 207 Å². The number of carbonyl (C=O) groups is 3. The molecule has 3 aromatic rings. The SMILES string of the molecule is CCN(CC)C1=NC(=O)C(CC(=O)Nc2cccc(C(=O)OCc3cccc4cccnc34)c2)S1. The molecule has 0 saturated carbocycles. The molecule has 1 N–H and O–H groups in total. The topological polar surface area (TPSA) is 101 Å². The van der Waals surface area contributed by atoms with Crippen molar-refractivity contribution in [3.63, 3.8) is 0 Å². The maximum Gasteiger partial charge on any atom is 0.338 e. The molecule has 0 fully saturated rings. The van der Waals surface area contributed by atoms with Crippen molar-refractivity contribution in [2.24, 2.45) is 4.99 Å². The van der Waals surface area contributed by atoms with Crippen molar-refractivity contribution in [3.8, 4) is 0 Å². The van der Waals surface area contributed by atoms with E-state index in [9.17, 15) is 14.4 Å². The van der Waals surface area contributed by atoms with E-state index in [0.29, 0.717) is 16.4 Å². The first-order chi connectivity index (χ1) is 17.0. The van der Waals surface area contributed by atoms with Crippen LogP contribution in [0.5, 0.6) is 0 Å². The van der Waals surface area contributed by atoms with Crippen LogP contribution in [0.3, 0.4) is 0 Å². The molecule has 0 aliphatic carbocycles. The average Bonchev–Trinajstić information content (AvgIpc) is 3.22. The molecule has 1 aromatic heterocycles. The van der Waals surface area contributed by atoms with Crippen LogP contribution in [0.1, 0.15) is 36.2 Å². The number of hydrogen-bond donors (Lipinski definition) is 1. The smallest absolute Gasteiger partial charge is 0.338 e. The molecule has 0 saturated heterocycles. The van der Waals surface area contributed by atoms with Gasteiger partial charge in [-0.25, -0.2) is 4.79 Å². The van der Waals surface area contributed by atoms with Gasteiger partial charge >= 0.3 is 5.97 Å². The standard InChI is InChI=1S/C26H26N4O4S/c1-3-30(4-2)26-29-24(32)21(35-26)15-22(31)28-20-12-6-9-18(14-20)25(33)34-16-19-10-5-8-17-11-7-13-27-23(17)19/h5-14,21H,3-4,15-16H2,1-2H3,(H,28,31). The quantitative estimate of drug-likeness (QED) is 0.471. The third kappa shape index (κ3) is 5.86. The van der Waals surface area contributed by atoms with E-state index < -0.39 is 11.2 Å². The molecule has 0 spiro atoms. The van der Waals surface area contributed by atoms with Crippen LogP contribution >= 0.6 is 11.8 Å². The van der Waals surface area contributed by atoms with Gasteiger partial charge < -0.3 is 15.0 Å². The number of para-hydroxylation sites is 1. The summed E-state index contributed by atoms with van der Waals surface area (Å²) in [5.41, 5.74) is 2.37. The van der Waals surface area contributed by atoms with Crippen molar-refractivity contribution >= 4 is 51.3 Å². The summed E-state index contributed by atoms with van der Waals surface area (Å²) in [5.74, 6) is -1.13. The molecule has 1 atom stereocenters. The number of ether oxygens (including phenoxy) is 1. The zero-order valence-corrected chi connectivity index (χ0v) is 20.4. The van der Waals surface area contributed by atoms with Gasteiger partial charge in [0.15, 0.2) is 5.17 Å². The van der Waals surface area contributed by atoms with Gasteiger partial charge in [-0.3, -0.25) is 14.6 Å². The monoisotopic (exact) mass is 490 g/mol. The number of rotatable bonds is 8. The summed E-state index contributed by atoms with van der Waals surface area (Å²) in [7, 11) is 0. The lowest BCUT2D eigenvalue weighted by atomic mass is 10.1. The minimum atomic E-state index is -0.548. The van der Waals surface area contributed by atoms with Gasteiger partial charge in [-0.05, 0) is 38.1 Å². The number of nitrogens with zero attached hydrogens (tertiary/aromatic N) is 3. The summed E-state index contributed by atoms with van der Waals surface area (Å²) in [6.07, 6.45) is 1.70. The molecule has 1 aliphatic heterocycles. The van der Waals surface area contributed by atoms with E-state index in [1.54, 1.807) is 30.5 Å². The second-order valence-corrected chi connectivity index (χ2v) is 9.08. The third-order valence-corrected chi connectivity index (χ3v) is 6.80. The van der Waals surface area contributed by atoms with Crippen molar-refractivity contribution in [1.29, 1.82) is 0 Å². The summed E-state index contributed by atoms with van der Waals surface area (Å²) in [4.78, 5) is 47.9. The minimum Gasteiger partial charge on any atom is -0.457 e. The molecule has 0 bridgehead atoms. The number of esters is 1. The van der Waals surface area contributed by atoms with Gasteiger partial charge in [-0.1, -0.05) is 42.1 Å². The summed E-state index contributed by atoms with van der Waals surface area (Å²) in [5, 5.41) is 3.85. The zero-order valence-electron chi connectivity index (χ0n) is 19.6. The van der Waals surface area contributed by atoms with Crippen molar-refractivity contribution in [1.82, 2.24) is 9.88 Å². The maximum atomic E-state index is 12.6. The fourth-order valence-electron chi connectivity index (χ4n) is 3.75. The van der Waals surface area contributed by atoms with Crippen LogP contribution in [-0.2, 0) is 20.9 Å². The van der Waals surface area contributed by atoms with Gasteiger partial charge in [0.2, 0.25) is 5.91 Å². The molecule has 8 nitrogen and oxygen atoms in total. The number of hydrogen-bond acceptors (Lipinski definition) is 7. The van der Waals surface area contributed by atoms with Crippen molar-refractivity contribution in [2.75, 3.05) is 18.4 Å². The average molecular weight is 491 g/mol. The van der Waals surface area contributed by atoms with Gasteiger partial charge in [-0.15, -0.1) is 0 Å². The number of anilines is 1. The van der Waals surface area contributed by atoms with E-state index in [2.05, 4.69) is 15.3 Å². The van der Waals surface area contributed by atoms with E-state index in [1.165, 1.54) is 11.8 Å². The third-order valence-electron chi connectivity index (χ3n) is 5.59. The lowest BCUT2D eigenvalue weighted by Gasteiger charge is -2.19. The molecule has 9 heteroatoms.